The van der Waals surface area contributed by atoms with Gasteiger partial charge in [-0.15, -0.1) is 11.3 Å². The third-order valence-electron chi connectivity index (χ3n) is 7.87. The van der Waals surface area contributed by atoms with E-state index in [1.54, 1.807) is 30.6 Å². The zero-order valence-electron chi connectivity index (χ0n) is 22.3. The lowest BCUT2D eigenvalue weighted by molar-refractivity contribution is 0.0890. The molecule has 0 saturated heterocycles. The lowest BCUT2D eigenvalue weighted by Gasteiger charge is -2.35. The molecule has 0 unspecified atom stereocenters. The summed E-state index contributed by atoms with van der Waals surface area (Å²) < 4.78 is 12.2. The molecule has 3 aromatic rings. The van der Waals surface area contributed by atoms with Gasteiger partial charge in [0.2, 0.25) is 0 Å². The van der Waals surface area contributed by atoms with Gasteiger partial charge < -0.3 is 19.9 Å². The Morgan fingerprint density at radius 1 is 1.11 bits per heavy atom. The van der Waals surface area contributed by atoms with Gasteiger partial charge in [-0.25, -0.2) is 0 Å². The fourth-order valence-electron chi connectivity index (χ4n) is 6.29. The summed E-state index contributed by atoms with van der Waals surface area (Å²) in [5.74, 6) is 2.10. The number of methoxy groups -OCH3 is 1. The van der Waals surface area contributed by atoms with Crippen molar-refractivity contribution in [3.05, 3.63) is 63.4 Å². The fraction of sp³-hybridized carbons (Fsp3) is 0.344. The maximum atomic E-state index is 13.5. The minimum atomic E-state index is -0.189. The van der Waals surface area contributed by atoms with Crippen LogP contribution in [0, 0.1) is 5.92 Å². The Morgan fingerprint density at radius 2 is 1.89 bits per heavy atom. The number of anilines is 1. The summed E-state index contributed by atoms with van der Waals surface area (Å²) in [7, 11) is 1.56. The van der Waals surface area contributed by atoms with E-state index in [9.17, 15) is 9.90 Å². The van der Waals surface area contributed by atoms with Gasteiger partial charge in [0.05, 0.1) is 18.2 Å². The average Bonchev–Trinajstić information content (AvgIpc) is 3.36. The molecule has 2 aliphatic heterocycles. The number of fused-ring (bicyclic) bond motifs is 5. The van der Waals surface area contributed by atoms with Crippen LogP contribution in [-0.4, -0.2) is 23.5 Å². The van der Waals surface area contributed by atoms with Crippen molar-refractivity contribution >= 4 is 40.2 Å². The van der Waals surface area contributed by atoms with Crippen LogP contribution in [0.3, 0.4) is 0 Å². The molecule has 0 bridgehead atoms. The van der Waals surface area contributed by atoms with Crippen LogP contribution in [0.2, 0.25) is 0 Å². The Balaban J connectivity index is 1.55. The van der Waals surface area contributed by atoms with Crippen molar-refractivity contribution in [2.24, 2.45) is 5.92 Å². The molecular weight excluding hydrogens is 494 g/mol. The zero-order valence-corrected chi connectivity index (χ0v) is 23.1. The fourth-order valence-corrected chi connectivity index (χ4v) is 7.11. The monoisotopic (exact) mass is 527 g/mol. The average molecular weight is 528 g/mol. The van der Waals surface area contributed by atoms with Crippen LogP contribution in [0.25, 0.3) is 28.5 Å². The van der Waals surface area contributed by atoms with Gasteiger partial charge in [0, 0.05) is 38.7 Å². The summed E-state index contributed by atoms with van der Waals surface area (Å²) in [5.41, 5.74) is 6.40. The van der Waals surface area contributed by atoms with Gasteiger partial charge in [0.15, 0.2) is 17.3 Å². The van der Waals surface area contributed by atoms with Crippen LogP contribution in [0.1, 0.15) is 79.2 Å². The molecule has 196 valence electrons. The summed E-state index contributed by atoms with van der Waals surface area (Å²) in [6, 6.07) is 9.48. The molecule has 2 aromatic carbocycles. The number of rotatable bonds is 4. The molecule has 3 heterocycles. The topological polar surface area (TPSA) is 67.8 Å². The molecule has 1 aliphatic carbocycles. The van der Waals surface area contributed by atoms with Crippen LogP contribution >= 0.6 is 11.3 Å². The highest BCUT2D eigenvalue weighted by atomic mass is 32.1. The number of ketones is 1. The first-order valence-corrected chi connectivity index (χ1v) is 14.2. The quantitative estimate of drug-likeness (QED) is 0.334. The first kappa shape index (κ1) is 24.8. The molecule has 0 spiro atoms. The van der Waals surface area contributed by atoms with Gasteiger partial charge in [0.25, 0.3) is 0 Å². The van der Waals surface area contributed by atoms with E-state index in [4.69, 9.17) is 9.47 Å². The lowest BCUT2D eigenvalue weighted by atomic mass is 9.82. The van der Waals surface area contributed by atoms with Crippen molar-refractivity contribution in [3.8, 4) is 28.4 Å². The second-order valence-corrected chi connectivity index (χ2v) is 12.0. The first-order valence-electron chi connectivity index (χ1n) is 13.3. The van der Waals surface area contributed by atoms with Crippen molar-refractivity contribution in [2.45, 2.75) is 58.4 Å². The molecule has 2 N–H and O–H groups in total. The molecule has 38 heavy (non-hydrogen) atoms. The van der Waals surface area contributed by atoms with E-state index in [0.717, 1.165) is 69.6 Å². The number of thiophene rings is 1. The standard InChI is InChI=1S/C32H33NO4S/c1-18-17-32(2,3)33-22-11-10-21-28(27(18)22)25(37-24-13-12-23(34)31(36-4)29(21)24)16-26-20(14-15-38-26)30(35)19-8-6-5-7-9-19/h10-17,19,33-34H,5-9H2,1-4H3/b25-16-. The number of benzene rings is 2. The Hall–Kier alpha value is -3.51. The maximum Gasteiger partial charge on any atom is 0.172 e. The summed E-state index contributed by atoms with van der Waals surface area (Å²) in [6.07, 6.45) is 9.66. The highest BCUT2D eigenvalue weighted by Gasteiger charge is 2.34. The van der Waals surface area contributed by atoms with Gasteiger partial charge in [-0.05, 0) is 74.9 Å². The predicted molar refractivity (Wildman–Crippen MR) is 155 cm³/mol. The van der Waals surface area contributed by atoms with Crippen molar-refractivity contribution in [3.63, 3.8) is 0 Å². The van der Waals surface area contributed by atoms with E-state index in [1.807, 2.05) is 17.5 Å². The van der Waals surface area contributed by atoms with E-state index in [-0.39, 0.29) is 23.0 Å². The number of ether oxygens (including phenoxy) is 2. The first-order chi connectivity index (χ1) is 18.3. The van der Waals surface area contributed by atoms with E-state index in [1.165, 1.54) is 6.42 Å². The number of phenols is 1. The molecule has 3 aliphatic rings. The SMILES string of the molecule is COc1c(O)ccc2c1-c1ccc3c(c1/C(=C/c1sccc1C(=O)C1CCCCC1)O2)C(C)=CC(C)(C)N3. The lowest BCUT2D eigenvalue weighted by Crippen LogP contribution is -2.32. The summed E-state index contributed by atoms with van der Waals surface area (Å²) in [4.78, 5) is 14.4. The normalized spacial score (nSPS) is 18.9. The van der Waals surface area contributed by atoms with Crippen molar-refractivity contribution in [2.75, 3.05) is 12.4 Å². The van der Waals surface area contributed by atoms with E-state index < -0.39 is 0 Å². The van der Waals surface area contributed by atoms with E-state index in [0.29, 0.717) is 17.3 Å². The summed E-state index contributed by atoms with van der Waals surface area (Å²) in [6.45, 7) is 6.42. The largest absolute Gasteiger partial charge is 0.504 e. The molecule has 0 amide bonds. The third-order valence-corrected chi connectivity index (χ3v) is 8.73. The molecule has 6 rings (SSSR count). The molecular formula is C32H33NO4S. The van der Waals surface area contributed by atoms with E-state index in [2.05, 4.69) is 44.3 Å². The Labute approximate surface area is 227 Å². The third kappa shape index (κ3) is 4.11. The minimum absolute atomic E-state index is 0.0658. The zero-order chi connectivity index (χ0) is 26.6. The maximum absolute atomic E-state index is 13.5. The highest BCUT2D eigenvalue weighted by molar-refractivity contribution is 7.11. The van der Waals surface area contributed by atoms with Gasteiger partial charge in [0.1, 0.15) is 11.5 Å². The van der Waals surface area contributed by atoms with Gasteiger partial charge in [-0.2, -0.15) is 0 Å². The molecule has 0 radical (unpaired) electrons. The van der Waals surface area contributed by atoms with Gasteiger partial charge >= 0.3 is 0 Å². The molecule has 1 saturated carbocycles. The van der Waals surface area contributed by atoms with Crippen molar-refractivity contribution in [1.29, 1.82) is 0 Å². The van der Waals surface area contributed by atoms with Crippen molar-refractivity contribution in [1.82, 2.24) is 0 Å². The van der Waals surface area contributed by atoms with Crippen LogP contribution in [0.4, 0.5) is 5.69 Å². The molecule has 0 atom stereocenters. The summed E-state index contributed by atoms with van der Waals surface area (Å²) in [5, 5.41) is 16.2. The molecule has 6 heteroatoms. The summed E-state index contributed by atoms with van der Waals surface area (Å²) >= 11 is 1.57. The van der Waals surface area contributed by atoms with Crippen LogP contribution in [0.15, 0.2) is 41.8 Å². The number of hydrogen-bond donors (Lipinski definition) is 2. The number of aromatic hydroxyl groups is 1. The molecule has 5 nitrogen and oxygen atoms in total. The Kier molecular flexibility index (Phi) is 6.10. The number of carbonyl (C=O) groups excluding carboxylic acids is 1. The van der Waals surface area contributed by atoms with Gasteiger partial charge in [-0.3, -0.25) is 4.79 Å². The molecule has 1 fully saturated rings. The van der Waals surface area contributed by atoms with Gasteiger partial charge in [-0.1, -0.05) is 31.4 Å². The van der Waals surface area contributed by atoms with Crippen molar-refractivity contribution < 1.29 is 19.4 Å². The second-order valence-electron chi connectivity index (χ2n) is 11.1. The van der Waals surface area contributed by atoms with E-state index >= 15 is 0 Å². The highest BCUT2D eigenvalue weighted by Crippen LogP contribution is 2.54. The van der Waals surface area contributed by atoms with Crippen LogP contribution in [0.5, 0.6) is 17.2 Å². The Morgan fingerprint density at radius 3 is 2.66 bits per heavy atom. The van der Waals surface area contributed by atoms with Crippen LogP contribution < -0.4 is 14.8 Å². The predicted octanol–water partition coefficient (Wildman–Crippen LogP) is 8.39. The Bertz CT molecular complexity index is 1500. The number of nitrogens with one attached hydrogen (secondary N) is 1. The number of hydrogen-bond acceptors (Lipinski definition) is 6. The number of phenolic OH excluding ortho intramolecular Hbond substituents is 1. The number of allylic oxidation sites excluding steroid dienone is 1. The molecule has 1 aromatic heterocycles. The number of carbonyl (C=O) groups is 1. The smallest absolute Gasteiger partial charge is 0.172 e. The number of Topliss-reactive ketones (excluding diaryl/α,β-unsaturated/α-hetero) is 1. The van der Waals surface area contributed by atoms with Crippen LogP contribution in [-0.2, 0) is 0 Å². The minimum Gasteiger partial charge on any atom is -0.504 e. The second kappa shape index (κ2) is 9.35.